The molecule has 1 atom stereocenters. The molecule has 66 valence electrons. The minimum Gasteiger partial charge on any atom is -0.469 e. The van der Waals surface area contributed by atoms with E-state index in [0.717, 1.165) is 0 Å². The summed E-state index contributed by atoms with van der Waals surface area (Å²) in [6.07, 6.45) is 0. The largest absolute Gasteiger partial charge is 0.469 e. The summed E-state index contributed by atoms with van der Waals surface area (Å²) in [6.45, 7) is 5.50. The average Bonchev–Trinajstić information content (AvgIpc) is 2.01. The SMILES string of the molecule is COC(=O)C(C)C(C)(C)OC. The zero-order chi connectivity index (χ0) is 9.07. The van der Waals surface area contributed by atoms with Gasteiger partial charge in [0.2, 0.25) is 0 Å². The van der Waals surface area contributed by atoms with Gasteiger partial charge in [-0.2, -0.15) is 0 Å². The third kappa shape index (κ3) is 2.50. The summed E-state index contributed by atoms with van der Waals surface area (Å²) >= 11 is 0. The molecule has 0 saturated heterocycles. The summed E-state index contributed by atoms with van der Waals surface area (Å²) in [5, 5.41) is 0. The van der Waals surface area contributed by atoms with Crippen LogP contribution in [-0.4, -0.2) is 25.8 Å². The molecule has 0 radical (unpaired) electrons. The molecule has 3 heteroatoms. The highest BCUT2D eigenvalue weighted by Gasteiger charge is 2.31. The van der Waals surface area contributed by atoms with Gasteiger partial charge in [0, 0.05) is 7.11 Å². The van der Waals surface area contributed by atoms with Crippen LogP contribution in [-0.2, 0) is 14.3 Å². The van der Waals surface area contributed by atoms with E-state index < -0.39 is 5.60 Å². The van der Waals surface area contributed by atoms with Crippen LogP contribution in [0.2, 0.25) is 0 Å². The van der Waals surface area contributed by atoms with Gasteiger partial charge in [-0.15, -0.1) is 0 Å². The lowest BCUT2D eigenvalue weighted by atomic mass is 9.93. The number of ether oxygens (including phenoxy) is 2. The van der Waals surface area contributed by atoms with Crippen molar-refractivity contribution >= 4 is 5.97 Å². The molecule has 0 rings (SSSR count). The number of hydrogen-bond acceptors (Lipinski definition) is 3. The molecular weight excluding hydrogens is 144 g/mol. The van der Waals surface area contributed by atoms with Crippen LogP contribution >= 0.6 is 0 Å². The second-order valence-electron chi connectivity index (χ2n) is 3.05. The van der Waals surface area contributed by atoms with E-state index in [9.17, 15) is 4.79 Å². The van der Waals surface area contributed by atoms with Crippen molar-refractivity contribution in [1.29, 1.82) is 0 Å². The Balaban J connectivity index is 4.22. The fourth-order valence-corrected chi connectivity index (χ4v) is 0.637. The van der Waals surface area contributed by atoms with E-state index in [4.69, 9.17) is 4.74 Å². The van der Waals surface area contributed by atoms with Gasteiger partial charge in [-0.3, -0.25) is 4.79 Å². The number of methoxy groups -OCH3 is 2. The maximum absolute atomic E-state index is 11.0. The molecule has 0 aliphatic heterocycles. The molecule has 0 aromatic carbocycles. The Morgan fingerprint density at radius 1 is 1.36 bits per heavy atom. The maximum atomic E-state index is 11.0. The van der Waals surface area contributed by atoms with Crippen molar-refractivity contribution < 1.29 is 14.3 Å². The second-order valence-corrected chi connectivity index (χ2v) is 3.05. The Kier molecular flexibility index (Phi) is 3.52. The molecule has 0 heterocycles. The van der Waals surface area contributed by atoms with Crippen LogP contribution in [0.1, 0.15) is 20.8 Å². The normalized spacial score (nSPS) is 14.3. The average molecular weight is 160 g/mol. The van der Waals surface area contributed by atoms with Gasteiger partial charge in [-0.1, -0.05) is 0 Å². The summed E-state index contributed by atoms with van der Waals surface area (Å²) in [5.41, 5.74) is -0.451. The summed E-state index contributed by atoms with van der Waals surface area (Å²) in [4.78, 5) is 11.0. The Labute approximate surface area is 67.7 Å². The van der Waals surface area contributed by atoms with Crippen LogP contribution in [0.15, 0.2) is 0 Å². The molecule has 0 aliphatic carbocycles. The molecule has 0 bridgehead atoms. The van der Waals surface area contributed by atoms with Crippen LogP contribution in [0.5, 0.6) is 0 Å². The van der Waals surface area contributed by atoms with E-state index in [1.807, 2.05) is 13.8 Å². The minimum absolute atomic E-state index is 0.238. The Bertz CT molecular complexity index is 140. The second kappa shape index (κ2) is 3.72. The smallest absolute Gasteiger partial charge is 0.311 e. The van der Waals surface area contributed by atoms with Gasteiger partial charge in [0.25, 0.3) is 0 Å². The Morgan fingerprint density at radius 2 is 1.82 bits per heavy atom. The molecule has 0 fully saturated rings. The van der Waals surface area contributed by atoms with E-state index in [0.29, 0.717) is 0 Å². The molecule has 1 unspecified atom stereocenters. The van der Waals surface area contributed by atoms with Gasteiger partial charge in [-0.25, -0.2) is 0 Å². The van der Waals surface area contributed by atoms with Gasteiger partial charge in [0.1, 0.15) is 0 Å². The first kappa shape index (κ1) is 10.4. The topological polar surface area (TPSA) is 35.5 Å². The highest BCUT2D eigenvalue weighted by Crippen LogP contribution is 2.20. The molecule has 0 saturated carbocycles. The third-order valence-electron chi connectivity index (χ3n) is 2.12. The third-order valence-corrected chi connectivity index (χ3v) is 2.12. The van der Waals surface area contributed by atoms with Gasteiger partial charge in [-0.05, 0) is 20.8 Å². The van der Waals surface area contributed by atoms with Gasteiger partial charge in [0.15, 0.2) is 0 Å². The lowest BCUT2D eigenvalue weighted by Crippen LogP contribution is -2.37. The van der Waals surface area contributed by atoms with Crippen molar-refractivity contribution in [3.05, 3.63) is 0 Å². The van der Waals surface area contributed by atoms with E-state index >= 15 is 0 Å². The summed E-state index contributed by atoms with van der Waals surface area (Å²) in [7, 11) is 2.96. The van der Waals surface area contributed by atoms with Gasteiger partial charge >= 0.3 is 5.97 Å². The molecule has 0 spiro atoms. The quantitative estimate of drug-likeness (QED) is 0.582. The lowest BCUT2D eigenvalue weighted by molar-refractivity contribution is -0.154. The van der Waals surface area contributed by atoms with Crippen molar-refractivity contribution in [1.82, 2.24) is 0 Å². The first-order valence-electron chi connectivity index (χ1n) is 3.58. The fraction of sp³-hybridized carbons (Fsp3) is 0.875. The first-order chi connectivity index (χ1) is 4.95. The number of esters is 1. The van der Waals surface area contributed by atoms with E-state index in [-0.39, 0.29) is 11.9 Å². The molecule has 0 N–H and O–H groups in total. The Morgan fingerprint density at radius 3 is 2.09 bits per heavy atom. The van der Waals surface area contributed by atoms with Crippen LogP contribution in [0.4, 0.5) is 0 Å². The lowest BCUT2D eigenvalue weighted by Gasteiger charge is -2.27. The number of carbonyl (C=O) groups excluding carboxylic acids is 1. The predicted molar refractivity (Wildman–Crippen MR) is 42.3 cm³/mol. The van der Waals surface area contributed by atoms with Crippen LogP contribution in [0.3, 0.4) is 0 Å². The molecular formula is C8H16O3. The fourth-order valence-electron chi connectivity index (χ4n) is 0.637. The van der Waals surface area contributed by atoms with Gasteiger partial charge < -0.3 is 9.47 Å². The van der Waals surface area contributed by atoms with Crippen molar-refractivity contribution in [3.8, 4) is 0 Å². The highest BCUT2D eigenvalue weighted by molar-refractivity contribution is 5.73. The van der Waals surface area contributed by atoms with Crippen LogP contribution < -0.4 is 0 Å². The predicted octanol–water partition coefficient (Wildman–Crippen LogP) is 1.22. The number of carbonyl (C=O) groups is 1. The molecule has 11 heavy (non-hydrogen) atoms. The van der Waals surface area contributed by atoms with Crippen molar-refractivity contribution in [2.24, 2.45) is 5.92 Å². The highest BCUT2D eigenvalue weighted by atomic mass is 16.5. The zero-order valence-corrected chi connectivity index (χ0v) is 7.80. The van der Waals surface area contributed by atoms with Crippen molar-refractivity contribution in [2.75, 3.05) is 14.2 Å². The minimum atomic E-state index is -0.451. The first-order valence-corrected chi connectivity index (χ1v) is 3.58. The molecule has 0 amide bonds. The molecule has 0 aromatic heterocycles. The van der Waals surface area contributed by atoms with E-state index in [1.165, 1.54) is 7.11 Å². The Hall–Kier alpha value is -0.570. The van der Waals surface area contributed by atoms with Gasteiger partial charge in [0.05, 0.1) is 18.6 Å². The van der Waals surface area contributed by atoms with E-state index in [2.05, 4.69) is 4.74 Å². The van der Waals surface area contributed by atoms with Crippen molar-refractivity contribution in [3.63, 3.8) is 0 Å². The molecule has 0 aromatic rings. The summed E-state index contributed by atoms with van der Waals surface area (Å²) in [5.74, 6) is -0.477. The summed E-state index contributed by atoms with van der Waals surface area (Å²) in [6, 6.07) is 0. The van der Waals surface area contributed by atoms with Crippen LogP contribution in [0, 0.1) is 5.92 Å². The molecule has 3 nitrogen and oxygen atoms in total. The summed E-state index contributed by atoms with van der Waals surface area (Å²) < 4.78 is 9.70. The molecule has 0 aliphatic rings. The number of hydrogen-bond donors (Lipinski definition) is 0. The van der Waals surface area contributed by atoms with Crippen molar-refractivity contribution in [2.45, 2.75) is 26.4 Å². The number of rotatable bonds is 3. The van der Waals surface area contributed by atoms with Crippen LogP contribution in [0.25, 0.3) is 0 Å². The van der Waals surface area contributed by atoms with E-state index in [1.54, 1.807) is 14.0 Å². The monoisotopic (exact) mass is 160 g/mol. The maximum Gasteiger partial charge on any atom is 0.311 e. The zero-order valence-electron chi connectivity index (χ0n) is 7.80. The standard InChI is InChI=1S/C8H16O3/c1-6(7(9)10-4)8(2,3)11-5/h6H,1-5H3.